The van der Waals surface area contributed by atoms with E-state index in [4.69, 9.17) is 5.10 Å². The summed E-state index contributed by atoms with van der Waals surface area (Å²) in [4.78, 5) is 25.2. The van der Waals surface area contributed by atoms with E-state index in [0.29, 0.717) is 5.65 Å². The van der Waals surface area contributed by atoms with Gasteiger partial charge in [-0.15, -0.1) is 0 Å². The molecule has 0 saturated carbocycles. The molecule has 0 fully saturated rings. The Hall–Kier alpha value is -2.89. The van der Waals surface area contributed by atoms with Gasteiger partial charge in [0.1, 0.15) is 12.2 Å². The quantitative estimate of drug-likeness (QED) is 0.755. The molecule has 142 valence electrons. The van der Waals surface area contributed by atoms with Gasteiger partial charge in [0.2, 0.25) is 5.91 Å². The lowest BCUT2D eigenvalue weighted by molar-refractivity contribution is -0.122. The third-order valence-corrected chi connectivity index (χ3v) is 4.59. The topological polar surface area (TPSA) is 68.9 Å². The van der Waals surface area contributed by atoms with Crippen LogP contribution < -0.4 is 10.9 Å². The summed E-state index contributed by atoms with van der Waals surface area (Å²) in [6.45, 7) is 9.75. The number of aryl methyl sites for hydroxylation is 3. The van der Waals surface area contributed by atoms with Gasteiger partial charge in [0.15, 0.2) is 0 Å². The van der Waals surface area contributed by atoms with E-state index < -0.39 is 0 Å². The third kappa shape index (κ3) is 3.65. The van der Waals surface area contributed by atoms with Crippen LogP contribution in [-0.2, 0) is 17.8 Å². The second-order valence-corrected chi connectivity index (χ2v) is 7.20. The number of aromatic nitrogens is 3. The monoisotopic (exact) mass is 366 g/mol. The van der Waals surface area contributed by atoms with E-state index in [1.165, 1.54) is 4.57 Å². The molecule has 1 aromatic carbocycles. The molecule has 3 aromatic rings. The Morgan fingerprint density at radius 3 is 2.44 bits per heavy atom. The summed E-state index contributed by atoms with van der Waals surface area (Å²) >= 11 is 0. The van der Waals surface area contributed by atoms with Gasteiger partial charge < -0.3 is 5.32 Å². The minimum Gasteiger partial charge on any atom is -0.352 e. The van der Waals surface area contributed by atoms with E-state index in [1.54, 1.807) is 10.7 Å². The van der Waals surface area contributed by atoms with Crippen LogP contribution in [0.15, 0.2) is 35.1 Å². The summed E-state index contributed by atoms with van der Waals surface area (Å²) in [5.41, 5.74) is 4.29. The molecule has 0 aliphatic carbocycles. The molecule has 0 radical (unpaired) electrons. The number of pyridine rings is 1. The summed E-state index contributed by atoms with van der Waals surface area (Å²) in [7, 11) is 0. The van der Waals surface area contributed by atoms with Crippen molar-refractivity contribution in [1.29, 1.82) is 0 Å². The first-order chi connectivity index (χ1) is 12.8. The molecule has 2 heterocycles. The van der Waals surface area contributed by atoms with Gasteiger partial charge in [0.05, 0.1) is 11.4 Å². The lowest BCUT2D eigenvalue weighted by atomic mass is 10.1. The lowest BCUT2D eigenvalue weighted by Crippen LogP contribution is -2.36. The molecule has 0 atom stereocenters. The highest BCUT2D eigenvalue weighted by atomic mass is 16.2. The zero-order valence-electron chi connectivity index (χ0n) is 16.5. The van der Waals surface area contributed by atoms with Crippen LogP contribution in [0.25, 0.3) is 16.7 Å². The van der Waals surface area contributed by atoms with Gasteiger partial charge in [-0.25, -0.2) is 4.68 Å². The number of nitrogens with zero attached hydrogens (tertiary/aromatic N) is 3. The van der Waals surface area contributed by atoms with Crippen LogP contribution in [-0.4, -0.2) is 26.3 Å². The zero-order chi connectivity index (χ0) is 19.7. The van der Waals surface area contributed by atoms with E-state index in [9.17, 15) is 9.59 Å². The predicted molar refractivity (Wildman–Crippen MR) is 107 cm³/mol. The maximum atomic E-state index is 12.8. The van der Waals surface area contributed by atoms with E-state index in [1.807, 2.05) is 58.9 Å². The van der Waals surface area contributed by atoms with Crippen molar-refractivity contribution in [2.24, 2.45) is 0 Å². The van der Waals surface area contributed by atoms with Crippen LogP contribution >= 0.6 is 0 Å². The molecule has 6 nitrogen and oxygen atoms in total. The number of hydrogen-bond donors (Lipinski definition) is 1. The Morgan fingerprint density at radius 2 is 1.85 bits per heavy atom. The van der Waals surface area contributed by atoms with Crippen molar-refractivity contribution in [1.82, 2.24) is 19.7 Å². The van der Waals surface area contributed by atoms with Crippen LogP contribution in [0.3, 0.4) is 0 Å². The van der Waals surface area contributed by atoms with Crippen molar-refractivity contribution in [2.75, 3.05) is 0 Å². The Labute approximate surface area is 158 Å². The average Bonchev–Trinajstić information content (AvgIpc) is 2.94. The molecule has 0 aliphatic heterocycles. The summed E-state index contributed by atoms with van der Waals surface area (Å²) in [6, 6.07) is 9.61. The minimum absolute atomic E-state index is 0.0161. The maximum absolute atomic E-state index is 12.8. The molecule has 0 saturated heterocycles. The average molecular weight is 366 g/mol. The molecule has 0 bridgehead atoms. The SMILES string of the molecule is CCc1cc(=O)n(CC(=O)NC(C)C)c2c1c(C)nn2-c1ccc(C)cc1. The fourth-order valence-corrected chi connectivity index (χ4v) is 3.35. The van der Waals surface area contributed by atoms with Gasteiger partial charge in [0, 0.05) is 17.5 Å². The molecular weight excluding hydrogens is 340 g/mol. The first-order valence-electron chi connectivity index (χ1n) is 9.30. The van der Waals surface area contributed by atoms with Gasteiger partial charge in [-0.05, 0) is 51.8 Å². The van der Waals surface area contributed by atoms with Crippen LogP contribution in [0.1, 0.15) is 37.6 Å². The molecule has 27 heavy (non-hydrogen) atoms. The van der Waals surface area contributed by atoms with Gasteiger partial charge >= 0.3 is 0 Å². The Balaban J connectivity index is 2.28. The first-order valence-corrected chi connectivity index (χ1v) is 9.30. The number of carbonyl (C=O) groups excluding carboxylic acids is 1. The van der Waals surface area contributed by atoms with Crippen molar-refractivity contribution in [3.05, 3.63) is 57.5 Å². The molecule has 2 aromatic heterocycles. The van der Waals surface area contributed by atoms with Gasteiger partial charge in [-0.3, -0.25) is 14.2 Å². The highest BCUT2D eigenvalue weighted by Crippen LogP contribution is 2.24. The molecule has 0 spiro atoms. The molecule has 6 heteroatoms. The second kappa shape index (κ2) is 7.39. The first kappa shape index (κ1) is 18.9. The highest BCUT2D eigenvalue weighted by Gasteiger charge is 2.19. The Morgan fingerprint density at radius 1 is 1.19 bits per heavy atom. The Bertz CT molecular complexity index is 1040. The molecule has 1 N–H and O–H groups in total. The zero-order valence-corrected chi connectivity index (χ0v) is 16.5. The van der Waals surface area contributed by atoms with Crippen molar-refractivity contribution in [3.63, 3.8) is 0 Å². The fourth-order valence-electron chi connectivity index (χ4n) is 3.35. The normalized spacial score (nSPS) is 11.3. The molecular formula is C21H26N4O2. The van der Waals surface area contributed by atoms with Crippen LogP contribution in [0.5, 0.6) is 0 Å². The minimum atomic E-state index is -0.188. The predicted octanol–water partition coefficient (Wildman–Crippen LogP) is 2.89. The number of fused-ring (bicyclic) bond motifs is 1. The second-order valence-electron chi connectivity index (χ2n) is 7.20. The van der Waals surface area contributed by atoms with Crippen LogP contribution in [0.4, 0.5) is 0 Å². The number of carbonyl (C=O) groups is 1. The Kier molecular flexibility index (Phi) is 5.17. The smallest absolute Gasteiger partial charge is 0.252 e. The highest BCUT2D eigenvalue weighted by molar-refractivity contribution is 5.86. The molecule has 0 aliphatic rings. The fraction of sp³-hybridized carbons (Fsp3) is 0.381. The molecule has 3 rings (SSSR count). The lowest BCUT2D eigenvalue weighted by Gasteiger charge is -2.14. The van der Waals surface area contributed by atoms with Gasteiger partial charge in [-0.1, -0.05) is 24.6 Å². The van der Waals surface area contributed by atoms with Crippen molar-refractivity contribution in [2.45, 2.75) is 53.6 Å². The van der Waals surface area contributed by atoms with E-state index >= 15 is 0 Å². The summed E-state index contributed by atoms with van der Waals surface area (Å²) < 4.78 is 3.29. The standard InChI is InChI=1S/C21H26N4O2/c1-6-16-11-19(27)24(12-18(26)22-13(2)3)21-20(16)15(5)23-25(21)17-9-7-14(4)8-10-17/h7-11,13H,6,12H2,1-5H3,(H,22,26). The maximum Gasteiger partial charge on any atom is 0.252 e. The summed E-state index contributed by atoms with van der Waals surface area (Å²) in [5, 5.41) is 8.49. The largest absolute Gasteiger partial charge is 0.352 e. The van der Waals surface area contributed by atoms with E-state index in [2.05, 4.69) is 5.32 Å². The van der Waals surface area contributed by atoms with Crippen LogP contribution in [0, 0.1) is 13.8 Å². The molecule has 0 unspecified atom stereocenters. The molecule has 1 amide bonds. The van der Waals surface area contributed by atoms with E-state index in [0.717, 1.165) is 34.3 Å². The number of hydrogen-bond acceptors (Lipinski definition) is 3. The van der Waals surface area contributed by atoms with Gasteiger partial charge in [-0.2, -0.15) is 5.10 Å². The number of nitrogens with one attached hydrogen (secondary N) is 1. The number of rotatable bonds is 5. The third-order valence-electron chi connectivity index (χ3n) is 4.59. The summed E-state index contributed by atoms with van der Waals surface area (Å²) in [5.74, 6) is -0.188. The van der Waals surface area contributed by atoms with Gasteiger partial charge in [0.25, 0.3) is 5.56 Å². The van der Waals surface area contributed by atoms with Crippen molar-refractivity contribution < 1.29 is 4.79 Å². The van der Waals surface area contributed by atoms with Crippen LogP contribution in [0.2, 0.25) is 0 Å². The number of benzene rings is 1. The van der Waals surface area contributed by atoms with E-state index in [-0.39, 0.29) is 24.1 Å². The number of amides is 1. The van der Waals surface area contributed by atoms with Crippen molar-refractivity contribution in [3.8, 4) is 5.69 Å². The van der Waals surface area contributed by atoms with Crippen molar-refractivity contribution >= 4 is 16.9 Å². The summed E-state index contributed by atoms with van der Waals surface area (Å²) in [6.07, 6.45) is 0.727.